The summed E-state index contributed by atoms with van der Waals surface area (Å²) in [6.07, 6.45) is 0. The molecule has 0 aliphatic heterocycles. The quantitative estimate of drug-likeness (QED) is 0.338. The van der Waals surface area contributed by atoms with Gasteiger partial charge >= 0.3 is 0 Å². The van der Waals surface area contributed by atoms with Gasteiger partial charge in [0.2, 0.25) is 0 Å². The first-order chi connectivity index (χ1) is 12.4. The van der Waals surface area contributed by atoms with Gasteiger partial charge in [-0.3, -0.25) is 4.99 Å². The second-order valence-corrected chi connectivity index (χ2v) is 7.19. The van der Waals surface area contributed by atoms with Crippen LogP contribution in [0.4, 0.5) is 0 Å². The van der Waals surface area contributed by atoms with Crippen LogP contribution in [-0.2, 0) is 11.3 Å². The number of aliphatic imine (C=N–C) groups is 1. The molecule has 0 amide bonds. The fourth-order valence-electron chi connectivity index (χ4n) is 2.32. The molecule has 0 unspecified atom stereocenters. The highest BCUT2D eigenvalue weighted by atomic mass is 16.5. The first-order valence-corrected chi connectivity index (χ1v) is 9.35. The van der Waals surface area contributed by atoms with Crippen LogP contribution in [0.1, 0.15) is 38.8 Å². The van der Waals surface area contributed by atoms with Crippen molar-refractivity contribution < 1.29 is 9.47 Å². The molecule has 0 saturated heterocycles. The van der Waals surface area contributed by atoms with Crippen molar-refractivity contribution in [3.8, 4) is 5.75 Å². The van der Waals surface area contributed by atoms with Gasteiger partial charge in [-0.1, -0.05) is 12.1 Å². The first-order valence-electron chi connectivity index (χ1n) is 9.35. The highest BCUT2D eigenvalue weighted by Crippen LogP contribution is 2.20. The summed E-state index contributed by atoms with van der Waals surface area (Å²) >= 11 is 0. The van der Waals surface area contributed by atoms with Crippen LogP contribution in [0.2, 0.25) is 0 Å². The van der Waals surface area contributed by atoms with E-state index in [4.69, 9.17) is 9.47 Å². The zero-order valence-electron chi connectivity index (χ0n) is 17.2. The number of hydrogen-bond acceptors (Lipinski definition) is 4. The van der Waals surface area contributed by atoms with Crippen molar-refractivity contribution in [1.82, 2.24) is 16.0 Å². The van der Waals surface area contributed by atoms with E-state index in [0.717, 1.165) is 30.4 Å². The molecule has 0 spiro atoms. The molecule has 0 aliphatic rings. The third-order valence-corrected chi connectivity index (χ3v) is 3.65. The molecule has 1 rings (SSSR count). The zero-order valence-corrected chi connectivity index (χ0v) is 17.2. The molecule has 6 nitrogen and oxygen atoms in total. The van der Waals surface area contributed by atoms with E-state index < -0.39 is 0 Å². The van der Waals surface area contributed by atoms with Gasteiger partial charge in [0.1, 0.15) is 12.4 Å². The molecule has 0 bridgehead atoms. The molecule has 0 fully saturated rings. The van der Waals surface area contributed by atoms with E-state index in [-0.39, 0.29) is 5.54 Å². The van der Waals surface area contributed by atoms with E-state index in [0.29, 0.717) is 26.4 Å². The lowest BCUT2D eigenvalue weighted by atomic mass is 10.1. The van der Waals surface area contributed by atoms with Gasteiger partial charge in [0.25, 0.3) is 0 Å². The molecule has 6 heteroatoms. The first kappa shape index (κ1) is 22.3. The third-order valence-electron chi connectivity index (χ3n) is 3.65. The van der Waals surface area contributed by atoms with E-state index in [1.807, 2.05) is 6.92 Å². The largest absolute Gasteiger partial charge is 0.491 e. The summed E-state index contributed by atoms with van der Waals surface area (Å²) in [4.78, 5) is 4.28. The lowest BCUT2D eigenvalue weighted by molar-refractivity contribution is 0.110. The molecule has 26 heavy (non-hydrogen) atoms. The number of aryl methyl sites for hydroxylation is 1. The van der Waals surface area contributed by atoms with Gasteiger partial charge < -0.3 is 25.4 Å². The second-order valence-electron chi connectivity index (χ2n) is 7.19. The van der Waals surface area contributed by atoms with Crippen molar-refractivity contribution in [2.45, 2.75) is 46.7 Å². The summed E-state index contributed by atoms with van der Waals surface area (Å²) in [5.41, 5.74) is 2.40. The number of ether oxygens (including phenoxy) is 2. The van der Waals surface area contributed by atoms with Crippen LogP contribution in [0.15, 0.2) is 23.2 Å². The fourth-order valence-corrected chi connectivity index (χ4v) is 2.32. The van der Waals surface area contributed by atoms with E-state index in [2.05, 4.69) is 66.8 Å². The van der Waals surface area contributed by atoms with Crippen molar-refractivity contribution in [3.63, 3.8) is 0 Å². The van der Waals surface area contributed by atoms with Gasteiger partial charge in [-0.2, -0.15) is 0 Å². The van der Waals surface area contributed by atoms with Gasteiger partial charge in [0, 0.05) is 44.4 Å². The summed E-state index contributed by atoms with van der Waals surface area (Å²) in [5, 5.41) is 10.1. The maximum atomic E-state index is 5.89. The smallest absolute Gasteiger partial charge is 0.191 e. The molecule has 0 heterocycles. The van der Waals surface area contributed by atoms with Crippen molar-refractivity contribution in [2.75, 3.05) is 40.0 Å². The number of rotatable bonds is 10. The summed E-state index contributed by atoms with van der Waals surface area (Å²) in [5.74, 6) is 1.67. The number of hydrogen-bond donors (Lipinski definition) is 3. The molecule has 148 valence electrons. The van der Waals surface area contributed by atoms with E-state index in [1.54, 1.807) is 7.05 Å². The number of benzene rings is 1. The Balaban J connectivity index is 2.50. The minimum absolute atomic E-state index is 0.119. The van der Waals surface area contributed by atoms with E-state index >= 15 is 0 Å². The maximum Gasteiger partial charge on any atom is 0.191 e. The molecule has 0 aromatic heterocycles. The molecule has 0 saturated carbocycles. The molecule has 3 N–H and O–H groups in total. The van der Waals surface area contributed by atoms with Gasteiger partial charge in [-0.15, -0.1) is 0 Å². The SMILES string of the molecule is CCOCCOc1cc(C)ccc1CNC(=NC)NCCNC(C)(C)C. The lowest BCUT2D eigenvalue weighted by Gasteiger charge is -2.21. The summed E-state index contributed by atoms with van der Waals surface area (Å²) < 4.78 is 11.2. The number of nitrogens with zero attached hydrogens (tertiary/aromatic N) is 1. The maximum absolute atomic E-state index is 5.89. The van der Waals surface area contributed by atoms with Gasteiger partial charge in [0.15, 0.2) is 5.96 Å². The summed E-state index contributed by atoms with van der Waals surface area (Å²) in [6.45, 7) is 14.7. The van der Waals surface area contributed by atoms with Crippen LogP contribution in [0.3, 0.4) is 0 Å². The molecular weight excluding hydrogens is 328 g/mol. The van der Waals surface area contributed by atoms with Crippen LogP contribution in [-0.4, -0.2) is 51.5 Å². The highest BCUT2D eigenvalue weighted by molar-refractivity contribution is 5.79. The summed E-state index contributed by atoms with van der Waals surface area (Å²) in [6, 6.07) is 6.25. The third kappa shape index (κ3) is 9.63. The Morgan fingerprint density at radius 3 is 2.54 bits per heavy atom. The second kappa shape index (κ2) is 11.8. The Morgan fingerprint density at radius 1 is 1.12 bits per heavy atom. The molecule has 0 atom stereocenters. The summed E-state index contributed by atoms with van der Waals surface area (Å²) in [7, 11) is 1.78. The topological polar surface area (TPSA) is 66.9 Å². The predicted octanol–water partition coefficient (Wildman–Crippen LogP) is 2.46. The van der Waals surface area contributed by atoms with Crippen LogP contribution in [0.5, 0.6) is 5.75 Å². The van der Waals surface area contributed by atoms with Crippen molar-refractivity contribution in [3.05, 3.63) is 29.3 Å². The molecule has 1 aromatic carbocycles. The van der Waals surface area contributed by atoms with Gasteiger partial charge in [-0.25, -0.2) is 0 Å². The Bertz CT molecular complexity index is 553. The fraction of sp³-hybridized carbons (Fsp3) is 0.650. The minimum atomic E-state index is 0.119. The van der Waals surface area contributed by atoms with Crippen molar-refractivity contribution in [1.29, 1.82) is 0 Å². The molecule has 0 aliphatic carbocycles. The normalized spacial score (nSPS) is 12.2. The van der Waals surface area contributed by atoms with E-state index in [9.17, 15) is 0 Å². The van der Waals surface area contributed by atoms with Crippen LogP contribution in [0, 0.1) is 6.92 Å². The Morgan fingerprint density at radius 2 is 1.88 bits per heavy atom. The van der Waals surface area contributed by atoms with Crippen molar-refractivity contribution >= 4 is 5.96 Å². The number of guanidine groups is 1. The van der Waals surface area contributed by atoms with Gasteiger partial charge in [0.05, 0.1) is 6.61 Å². The molecule has 1 aromatic rings. The minimum Gasteiger partial charge on any atom is -0.491 e. The monoisotopic (exact) mass is 364 g/mol. The zero-order chi connectivity index (χ0) is 19.4. The average Bonchev–Trinajstić information content (AvgIpc) is 2.58. The average molecular weight is 365 g/mol. The van der Waals surface area contributed by atoms with Crippen LogP contribution in [0.25, 0.3) is 0 Å². The molecular formula is C20H36N4O2. The van der Waals surface area contributed by atoms with Crippen LogP contribution >= 0.6 is 0 Å². The van der Waals surface area contributed by atoms with Crippen LogP contribution < -0.4 is 20.7 Å². The lowest BCUT2D eigenvalue weighted by Crippen LogP contribution is -2.44. The molecule has 0 radical (unpaired) electrons. The van der Waals surface area contributed by atoms with Gasteiger partial charge in [-0.05, 0) is 46.2 Å². The number of nitrogens with one attached hydrogen (secondary N) is 3. The van der Waals surface area contributed by atoms with Crippen molar-refractivity contribution in [2.24, 2.45) is 4.99 Å². The highest BCUT2D eigenvalue weighted by Gasteiger charge is 2.08. The predicted molar refractivity (Wildman–Crippen MR) is 109 cm³/mol. The Labute approximate surface area is 158 Å². The Hall–Kier alpha value is -1.79. The van der Waals surface area contributed by atoms with E-state index in [1.165, 1.54) is 5.56 Å². The Kier molecular flexibility index (Phi) is 10.1. The standard InChI is InChI=1S/C20H36N4O2/c1-7-25-12-13-26-18-14-16(2)8-9-17(18)15-23-19(21-6)22-10-11-24-20(3,4)5/h8-9,14,24H,7,10-13,15H2,1-6H3,(H2,21,22,23).